The second kappa shape index (κ2) is 17.6. The molecule has 0 bridgehead atoms. The Balaban J connectivity index is 0.000000221. The number of nitrogens with zero attached hydrogens (tertiary/aromatic N) is 2. The monoisotopic (exact) mass is 860 g/mol. The quantitative estimate of drug-likeness (QED) is 0.128. The maximum atomic E-state index is 12.6. The molecule has 4 N–H and O–H groups in total. The third kappa shape index (κ3) is 12.2. The number of carbonyl (C=O) groups is 2. The zero-order valence-electron chi connectivity index (χ0n) is 32.0. The van der Waals surface area contributed by atoms with Crippen LogP contribution in [0.25, 0.3) is 21.8 Å². The first-order chi connectivity index (χ1) is 26.9. The van der Waals surface area contributed by atoms with Crippen molar-refractivity contribution >= 4 is 56.8 Å². The summed E-state index contributed by atoms with van der Waals surface area (Å²) in [6.45, 7) is 7.20. The predicted octanol–water partition coefficient (Wildman–Crippen LogP) is 9.69. The van der Waals surface area contributed by atoms with E-state index in [0.29, 0.717) is 21.9 Å². The number of aromatic nitrogens is 2. The Hall–Kier alpha value is -4.12. The van der Waals surface area contributed by atoms with Gasteiger partial charge in [0.25, 0.3) is 11.8 Å². The van der Waals surface area contributed by atoms with Crippen LogP contribution in [0.3, 0.4) is 0 Å². The van der Waals surface area contributed by atoms with Crippen LogP contribution in [-0.4, -0.2) is 68.0 Å². The number of halogens is 8. The number of benzene rings is 2. The second-order valence-corrected chi connectivity index (χ2v) is 16.6. The van der Waals surface area contributed by atoms with Gasteiger partial charge >= 0.3 is 12.7 Å². The van der Waals surface area contributed by atoms with Crippen LogP contribution in [0.15, 0.2) is 48.8 Å². The van der Waals surface area contributed by atoms with Crippen molar-refractivity contribution in [2.45, 2.75) is 115 Å². The van der Waals surface area contributed by atoms with Gasteiger partial charge in [0.05, 0.1) is 38.4 Å². The predicted molar refractivity (Wildman–Crippen MR) is 206 cm³/mol. The molecule has 2 aromatic carbocycles. The van der Waals surface area contributed by atoms with Crippen molar-refractivity contribution in [1.82, 2.24) is 20.6 Å². The fourth-order valence-electron chi connectivity index (χ4n) is 7.36. The molecule has 58 heavy (non-hydrogen) atoms. The van der Waals surface area contributed by atoms with E-state index in [4.69, 9.17) is 23.2 Å². The molecule has 316 valence electrons. The van der Waals surface area contributed by atoms with Crippen LogP contribution in [0.4, 0.5) is 26.3 Å². The average molecular weight is 862 g/mol. The van der Waals surface area contributed by atoms with Gasteiger partial charge in [-0.3, -0.25) is 19.6 Å². The van der Waals surface area contributed by atoms with Crippen molar-refractivity contribution in [3.63, 3.8) is 0 Å². The molecule has 0 spiro atoms. The normalized spacial score (nSPS) is 20.5. The van der Waals surface area contributed by atoms with E-state index in [1.807, 2.05) is 0 Å². The second-order valence-electron chi connectivity index (χ2n) is 15.8. The molecule has 6 rings (SSSR count). The topological polar surface area (TPSA) is 143 Å². The number of fused-ring (bicyclic) bond motifs is 2. The van der Waals surface area contributed by atoms with E-state index in [9.17, 15) is 46.1 Å². The summed E-state index contributed by atoms with van der Waals surface area (Å²) in [5.41, 5.74) is -0.520. The summed E-state index contributed by atoms with van der Waals surface area (Å²) in [4.78, 5) is 33.3. The Morgan fingerprint density at radius 3 is 1.57 bits per heavy atom. The maximum absolute atomic E-state index is 12.6. The van der Waals surface area contributed by atoms with Crippen molar-refractivity contribution in [2.24, 2.45) is 11.8 Å². The van der Waals surface area contributed by atoms with Crippen LogP contribution in [0.2, 0.25) is 10.0 Å². The van der Waals surface area contributed by atoms with Crippen LogP contribution in [0.1, 0.15) is 99.8 Å². The molecular weight excluding hydrogens is 817 g/mol. The minimum atomic E-state index is -4.86. The summed E-state index contributed by atoms with van der Waals surface area (Å²) < 4.78 is 82.4. The number of ether oxygens (including phenoxy) is 2. The number of nitrogens with one attached hydrogen (secondary N) is 2. The lowest BCUT2D eigenvalue weighted by Gasteiger charge is -2.36. The molecule has 2 amide bonds. The largest absolute Gasteiger partial charge is 0.573 e. The fourth-order valence-corrected chi connectivity index (χ4v) is 7.83. The Morgan fingerprint density at radius 1 is 0.655 bits per heavy atom. The zero-order valence-corrected chi connectivity index (χ0v) is 33.5. The highest BCUT2D eigenvalue weighted by atomic mass is 35.5. The number of carbonyl (C=O) groups excluding carboxylic acids is 2. The van der Waals surface area contributed by atoms with E-state index >= 15 is 0 Å². The molecule has 2 aromatic heterocycles. The van der Waals surface area contributed by atoms with E-state index < -0.39 is 35.4 Å². The molecule has 0 unspecified atom stereocenters. The van der Waals surface area contributed by atoms with Gasteiger partial charge in [-0.2, -0.15) is 0 Å². The van der Waals surface area contributed by atoms with Gasteiger partial charge in [0.15, 0.2) is 0 Å². The number of pyridine rings is 2. The van der Waals surface area contributed by atoms with E-state index in [1.54, 1.807) is 27.7 Å². The number of hydrogen-bond acceptors (Lipinski definition) is 8. The van der Waals surface area contributed by atoms with Gasteiger partial charge in [0.2, 0.25) is 0 Å². The maximum Gasteiger partial charge on any atom is 0.573 e. The number of rotatable bonds is 8. The molecule has 10 nitrogen and oxygen atoms in total. The van der Waals surface area contributed by atoms with Gasteiger partial charge in [-0.1, -0.05) is 23.2 Å². The Morgan fingerprint density at radius 2 is 1.10 bits per heavy atom. The van der Waals surface area contributed by atoms with Crippen molar-refractivity contribution in [2.75, 3.05) is 0 Å². The summed E-state index contributed by atoms with van der Waals surface area (Å²) in [5, 5.41) is 26.5. The highest BCUT2D eigenvalue weighted by Crippen LogP contribution is 2.37. The summed E-state index contributed by atoms with van der Waals surface area (Å²) in [6.07, 6.45) is -0.765. The molecule has 4 aromatic rings. The summed E-state index contributed by atoms with van der Waals surface area (Å²) in [7, 11) is 0. The van der Waals surface area contributed by atoms with Crippen molar-refractivity contribution < 1.29 is 55.6 Å². The number of alkyl halides is 6. The SMILES string of the molecule is CC(C)(O)C1CCC(NC(=O)c2cnc3c(Cl)c(OC(F)(F)F)ccc3c2)CC1.CC(C)(O)C1CCC(NC(=O)c2cnc3cc(OC(F)(F)F)c(Cl)cc3c2)CC1. The van der Waals surface area contributed by atoms with E-state index in [2.05, 4.69) is 30.1 Å². The van der Waals surface area contributed by atoms with E-state index in [0.717, 1.165) is 63.5 Å². The average Bonchev–Trinajstić information content (AvgIpc) is 3.11. The lowest BCUT2D eigenvalue weighted by Crippen LogP contribution is -2.41. The Kier molecular flexibility index (Phi) is 13.7. The highest BCUT2D eigenvalue weighted by Gasteiger charge is 2.35. The van der Waals surface area contributed by atoms with Gasteiger partial charge in [0.1, 0.15) is 16.5 Å². The first-order valence-corrected chi connectivity index (χ1v) is 19.4. The molecule has 0 atom stereocenters. The summed E-state index contributed by atoms with van der Waals surface area (Å²) in [6, 6.07) is 7.92. The fraction of sp³-hybridized carbons (Fsp3) is 0.500. The smallest absolute Gasteiger partial charge is 0.404 e. The molecule has 2 heterocycles. The lowest BCUT2D eigenvalue weighted by atomic mass is 9.77. The zero-order chi connectivity index (χ0) is 42.8. The first-order valence-electron chi connectivity index (χ1n) is 18.6. The Bertz CT molecular complexity index is 2040. The minimum Gasteiger partial charge on any atom is -0.404 e. The molecule has 0 radical (unpaired) electrons. The number of hydrogen-bond donors (Lipinski definition) is 4. The van der Waals surface area contributed by atoms with Gasteiger partial charge in [-0.05, 0) is 121 Å². The Labute approximate surface area is 340 Å². The molecule has 18 heteroatoms. The minimum absolute atomic E-state index is 0.00273. The van der Waals surface area contributed by atoms with Gasteiger partial charge in [-0.15, -0.1) is 26.3 Å². The number of aliphatic hydroxyl groups is 2. The van der Waals surface area contributed by atoms with Gasteiger partial charge < -0.3 is 30.3 Å². The van der Waals surface area contributed by atoms with E-state index in [1.165, 1.54) is 36.7 Å². The highest BCUT2D eigenvalue weighted by molar-refractivity contribution is 6.36. The molecule has 2 aliphatic carbocycles. The van der Waals surface area contributed by atoms with E-state index in [-0.39, 0.29) is 56.8 Å². The van der Waals surface area contributed by atoms with Crippen molar-refractivity contribution in [3.8, 4) is 11.5 Å². The van der Waals surface area contributed by atoms with Crippen molar-refractivity contribution in [1.29, 1.82) is 0 Å². The molecule has 2 fully saturated rings. The molecular formula is C40H44Cl2F6N4O6. The first kappa shape index (κ1) is 45.0. The lowest BCUT2D eigenvalue weighted by molar-refractivity contribution is -0.275. The van der Waals surface area contributed by atoms with Crippen LogP contribution in [0, 0.1) is 11.8 Å². The standard InChI is InChI=1S/2C20H22ClF3N2O3/c1-19(2,28)13-4-6-14(7-5-13)26-18(27)12-9-11-3-8-15(29-20(22,23)24)16(21)17(11)25-10-12;1-19(2,28)13-3-5-14(6-4-13)26-18(27)12-7-11-8-15(21)17(29-20(22,23)24)9-16(11)25-10-12/h3,8-10,13-14,28H,4-7H2,1-2H3,(H,26,27);7-10,13-14,28H,3-6H2,1-2H3,(H,26,27). The summed E-state index contributed by atoms with van der Waals surface area (Å²) in [5.74, 6) is -1.29. The van der Waals surface area contributed by atoms with Gasteiger partial charge in [-0.25, -0.2) is 0 Å². The van der Waals surface area contributed by atoms with Crippen molar-refractivity contribution in [3.05, 3.63) is 70.0 Å². The van der Waals surface area contributed by atoms with Crippen LogP contribution in [-0.2, 0) is 0 Å². The molecule has 2 saturated carbocycles. The number of amides is 2. The summed E-state index contributed by atoms with van der Waals surface area (Å²) >= 11 is 11.9. The van der Waals surface area contributed by atoms with Crippen LogP contribution < -0.4 is 20.1 Å². The van der Waals surface area contributed by atoms with Gasteiger partial charge in [0, 0.05) is 41.3 Å². The van der Waals surface area contributed by atoms with Crippen LogP contribution >= 0.6 is 23.2 Å². The third-order valence-corrected chi connectivity index (χ3v) is 11.2. The molecule has 2 aliphatic rings. The third-order valence-electron chi connectivity index (χ3n) is 10.6. The van der Waals surface area contributed by atoms with Crippen LogP contribution in [0.5, 0.6) is 11.5 Å². The molecule has 0 aliphatic heterocycles. The molecule has 0 saturated heterocycles.